The fourth-order valence-corrected chi connectivity index (χ4v) is 3.63. The first-order chi connectivity index (χ1) is 9.75. The summed E-state index contributed by atoms with van der Waals surface area (Å²) < 4.78 is 43.3. The molecule has 0 radical (unpaired) electrons. The zero-order valence-electron chi connectivity index (χ0n) is 11.8. The SMILES string of the molecule is COc1c(N2CCC(C(F)(F)F)CC2)sc(C(C)=O)c1N. The van der Waals surface area contributed by atoms with Crippen molar-refractivity contribution in [2.45, 2.75) is 25.9 Å². The van der Waals surface area contributed by atoms with Gasteiger partial charge in [0.05, 0.1) is 23.6 Å². The first-order valence-electron chi connectivity index (χ1n) is 6.54. The van der Waals surface area contributed by atoms with E-state index in [1.807, 2.05) is 4.90 Å². The second kappa shape index (κ2) is 5.75. The Morgan fingerprint density at radius 2 is 1.95 bits per heavy atom. The van der Waals surface area contributed by atoms with Crippen molar-refractivity contribution in [3.63, 3.8) is 0 Å². The number of carbonyl (C=O) groups excluding carboxylic acids is 1. The standard InChI is InChI=1S/C13H17F3N2O2S/c1-7(19)11-9(17)10(20-2)12(21-11)18-5-3-8(4-6-18)13(14,15)16/h8H,3-6,17H2,1-2H3. The highest BCUT2D eigenvalue weighted by molar-refractivity contribution is 7.19. The number of Topliss-reactive ketones (excluding diaryl/α,β-unsaturated/α-hetero) is 1. The summed E-state index contributed by atoms with van der Waals surface area (Å²) in [4.78, 5) is 13.7. The van der Waals surface area contributed by atoms with E-state index in [0.717, 1.165) is 0 Å². The fourth-order valence-electron chi connectivity index (χ4n) is 2.49. The number of alkyl halides is 3. The number of ether oxygens (including phenoxy) is 1. The molecule has 1 aliphatic heterocycles. The molecule has 1 saturated heterocycles. The average Bonchev–Trinajstić information content (AvgIpc) is 2.75. The molecule has 1 aliphatic rings. The van der Waals surface area contributed by atoms with Crippen LogP contribution in [0.5, 0.6) is 5.75 Å². The van der Waals surface area contributed by atoms with Gasteiger partial charge in [0.2, 0.25) is 0 Å². The zero-order valence-corrected chi connectivity index (χ0v) is 12.6. The highest BCUT2D eigenvalue weighted by Crippen LogP contribution is 2.46. The number of carbonyl (C=O) groups is 1. The van der Waals surface area contributed by atoms with Gasteiger partial charge in [0.25, 0.3) is 0 Å². The van der Waals surface area contributed by atoms with Gasteiger partial charge >= 0.3 is 6.18 Å². The average molecular weight is 322 g/mol. The van der Waals surface area contributed by atoms with E-state index >= 15 is 0 Å². The summed E-state index contributed by atoms with van der Waals surface area (Å²) in [5.74, 6) is -1.05. The summed E-state index contributed by atoms with van der Waals surface area (Å²) in [6.07, 6.45) is -4.06. The molecule has 2 N–H and O–H groups in total. The van der Waals surface area contributed by atoms with Crippen molar-refractivity contribution >= 4 is 27.8 Å². The lowest BCUT2D eigenvalue weighted by atomic mass is 9.96. The minimum absolute atomic E-state index is 0.0415. The van der Waals surface area contributed by atoms with E-state index in [1.165, 1.54) is 25.4 Å². The van der Waals surface area contributed by atoms with E-state index in [1.54, 1.807) is 0 Å². The lowest BCUT2D eigenvalue weighted by Gasteiger charge is -2.33. The van der Waals surface area contributed by atoms with Gasteiger partial charge in [-0.2, -0.15) is 13.2 Å². The number of piperidine rings is 1. The fraction of sp³-hybridized carbons (Fsp3) is 0.615. The molecule has 2 heterocycles. The second-order valence-corrected chi connectivity index (χ2v) is 6.04. The molecule has 4 nitrogen and oxygen atoms in total. The number of anilines is 2. The number of nitrogens with two attached hydrogens (primary N) is 1. The first kappa shape index (κ1) is 15.9. The van der Waals surface area contributed by atoms with Crippen molar-refractivity contribution < 1.29 is 22.7 Å². The van der Waals surface area contributed by atoms with Gasteiger partial charge in [-0.3, -0.25) is 4.79 Å². The molecule has 8 heteroatoms. The summed E-state index contributed by atoms with van der Waals surface area (Å²) in [7, 11) is 1.44. The van der Waals surface area contributed by atoms with Crippen molar-refractivity contribution in [2.75, 3.05) is 30.8 Å². The molecule has 0 bridgehead atoms. The molecule has 0 unspecified atom stereocenters. The Balaban J connectivity index is 2.21. The molecule has 0 aliphatic carbocycles. The number of nitrogen functional groups attached to an aromatic ring is 1. The number of halogens is 3. The van der Waals surface area contributed by atoms with Crippen molar-refractivity contribution in [3.8, 4) is 5.75 Å². The third-order valence-corrected chi connectivity index (χ3v) is 5.00. The third kappa shape index (κ3) is 3.09. The van der Waals surface area contributed by atoms with Crippen LogP contribution in [0.15, 0.2) is 0 Å². The van der Waals surface area contributed by atoms with Crippen LogP contribution in [0.2, 0.25) is 0 Å². The summed E-state index contributed by atoms with van der Waals surface area (Å²) >= 11 is 1.18. The van der Waals surface area contributed by atoms with Crippen LogP contribution < -0.4 is 15.4 Å². The molecular weight excluding hydrogens is 305 g/mol. The lowest BCUT2D eigenvalue weighted by molar-refractivity contribution is -0.179. The smallest absolute Gasteiger partial charge is 0.391 e. The topological polar surface area (TPSA) is 55.6 Å². The predicted octanol–water partition coefficient (Wildman–Crippen LogP) is 3.32. The van der Waals surface area contributed by atoms with Gasteiger partial charge in [0.1, 0.15) is 5.00 Å². The summed E-state index contributed by atoms with van der Waals surface area (Å²) in [5, 5.41) is 0.640. The summed E-state index contributed by atoms with van der Waals surface area (Å²) in [6, 6.07) is 0. The second-order valence-electron chi connectivity index (χ2n) is 5.04. The molecule has 0 amide bonds. The number of ketones is 1. The molecule has 118 valence electrons. The first-order valence-corrected chi connectivity index (χ1v) is 7.36. The van der Waals surface area contributed by atoms with E-state index < -0.39 is 12.1 Å². The third-order valence-electron chi connectivity index (χ3n) is 3.65. The number of methoxy groups -OCH3 is 1. The maximum atomic E-state index is 12.7. The number of thiophene rings is 1. The van der Waals surface area contributed by atoms with Crippen LogP contribution in [0.4, 0.5) is 23.9 Å². The molecule has 0 saturated carbocycles. The van der Waals surface area contributed by atoms with Crippen LogP contribution in [0.1, 0.15) is 29.4 Å². The molecule has 0 spiro atoms. The molecular formula is C13H17F3N2O2S. The Morgan fingerprint density at radius 3 is 2.38 bits per heavy atom. The van der Waals surface area contributed by atoms with Crippen molar-refractivity contribution in [3.05, 3.63) is 4.88 Å². The lowest BCUT2D eigenvalue weighted by Crippen LogP contribution is -2.38. The monoisotopic (exact) mass is 322 g/mol. The molecule has 1 aromatic heterocycles. The van der Waals surface area contributed by atoms with Crippen LogP contribution in [0, 0.1) is 5.92 Å². The van der Waals surface area contributed by atoms with Crippen LogP contribution in [0.3, 0.4) is 0 Å². The number of nitrogens with zero attached hydrogens (tertiary/aromatic N) is 1. The van der Waals surface area contributed by atoms with Crippen LogP contribution in [-0.2, 0) is 0 Å². The normalized spacial score (nSPS) is 17.1. The number of hydrogen-bond acceptors (Lipinski definition) is 5. The quantitative estimate of drug-likeness (QED) is 0.867. The zero-order chi connectivity index (χ0) is 15.8. The van der Waals surface area contributed by atoms with E-state index in [2.05, 4.69) is 0 Å². The Labute approximate surface area is 124 Å². The Hall–Kier alpha value is -1.44. The Bertz CT molecular complexity index is 534. The minimum atomic E-state index is -4.14. The molecule has 0 aromatic carbocycles. The highest BCUT2D eigenvalue weighted by atomic mass is 32.1. The number of rotatable bonds is 3. The summed E-state index contributed by atoms with van der Waals surface area (Å²) in [6.45, 7) is 1.96. The van der Waals surface area contributed by atoms with Gasteiger partial charge in [-0.05, 0) is 12.8 Å². The van der Waals surface area contributed by atoms with Gasteiger partial charge in [0.15, 0.2) is 11.5 Å². The largest absolute Gasteiger partial charge is 0.492 e. The number of hydrogen-bond donors (Lipinski definition) is 1. The van der Waals surface area contributed by atoms with E-state index in [9.17, 15) is 18.0 Å². The van der Waals surface area contributed by atoms with Gasteiger partial charge in [0, 0.05) is 20.0 Å². The predicted molar refractivity (Wildman–Crippen MR) is 76.3 cm³/mol. The van der Waals surface area contributed by atoms with Crippen LogP contribution in [0.25, 0.3) is 0 Å². The van der Waals surface area contributed by atoms with Gasteiger partial charge in [-0.1, -0.05) is 0 Å². The molecule has 0 atom stereocenters. The van der Waals surface area contributed by atoms with Gasteiger partial charge in [-0.15, -0.1) is 11.3 Å². The summed E-state index contributed by atoms with van der Waals surface area (Å²) in [5.41, 5.74) is 6.14. The molecule has 2 rings (SSSR count). The van der Waals surface area contributed by atoms with Gasteiger partial charge < -0.3 is 15.4 Å². The van der Waals surface area contributed by atoms with Crippen LogP contribution in [-0.4, -0.2) is 32.2 Å². The molecule has 1 aromatic rings. The maximum absolute atomic E-state index is 12.7. The highest BCUT2D eigenvalue weighted by Gasteiger charge is 2.41. The van der Waals surface area contributed by atoms with Gasteiger partial charge in [-0.25, -0.2) is 0 Å². The van der Waals surface area contributed by atoms with E-state index in [4.69, 9.17) is 10.5 Å². The van der Waals surface area contributed by atoms with Crippen molar-refractivity contribution in [2.24, 2.45) is 5.92 Å². The minimum Gasteiger partial charge on any atom is -0.492 e. The van der Waals surface area contributed by atoms with E-state index in [0.29, 0.717) is 15.6 Å². The van der Waals surface area contributed by atoms with E-state index in [-0.39, 0.29) is 37.4 Å². The Morgan fingerprint density at radius 1 is 1.38 bits per heavy atom. The Kier molecular flexibility index (Phi) is 4.36. The molecule has 1 fully saturated rings. The van der Waals surface area contributed by atoms with Crippen molar-refractivity contribution in [1.29, 1.82) is 0 Å². The molecule has 21 heavy (non-hydrogen) atoms. The van der Waals surface area contributed by atoms with Crippen molar-refractivity contribution in [1.82, 2.24) is 0 Å². The van der Waals surface area contributed by atoms with Crippen LogP contribution >= 0.6 is 11.3 Å². The maximum Gasteiger partial charge on any atom is 0.391 e.